The Morgan fingerprint density at radius 3 is 0.857 bits per heavy atom. The van der Waals surface area contributed by atoms with Crippen molar-refractivity contribution in [2.75, 3.05) is 0 Å². The summed E-state index contributed by atoms with van der Waals surface area (Å²) in [6.45, 7) is 0. The van der Waals surface area contributed by atoms with Crippen LogP contribution in [0, 0.1) is 0 Å². The molecule has 0 unspecified atom stereocenters. The molecule has 0 aliphatic heterocycles. The standard InChI is InChI=1S/3C6H11.2H2O.Sn/c3*1-2-4-6-5-3-1;;;/h3*1H,2-6H2;2*1H2;. The van der Waals surface area contributed by atoms with Crippen molar-refractivity contribution in [3.63, 3.8) is 0 Å². The normalized spacial score (nSPS) is 26.1. The molecule has 0 atom stereocenters. The predicted octanol–water partition coefficient (Wildman–Crippen LogP) is 4.83. The van der Waals surface area contributed by atoms with E-state index in [1.165, 1.54) is 11.8 Å². The Labute approximate surface area is 138 Å². The second kappa shape index (κ2) is 10.5. The van der Waals surface area contributed by atoms with Gasteiger partial charge >= 0.3 is 128 Å². The van der Waals surface area contributed by atoms with Crippen LogP contribution in [0.25, 0.3) is 0 Å². The Morgan fingerprint density at radius 1 is 0.381 bits per heavy atom. The molecule has 0 saturated heterocycles. The van der Waals surface area contributed by atoms with E-state index in [1.54, 1.807) is 96.3 Å². The summed E-state index contributed by atoms with van der Waals surface area (Å²) in [5.41, 5.74) is 0. The number of rotatable bonds is 3. The SMILES string of the molecule is C1CC[CH]([Sn]([CH]2CCCCC2)[CH]2CCCCC2)CC1.O.O. The molecule has 125 valence electrons. The molecule has 21 heavy (non-hydrogen) atoms. The fraction of sp³-hybridized carbons (Fsp3) is 1.00. The van der Waals surface area contributed by atoms with Gasteiger partial charge in [-0.3, -0.25) is 0 Å². The molecular formula is C18H37O2Sn. The zero-order valence-electron chi connectivity index (χ0n) is 13.8. The average Bonchev–Trinajstić information content (AvgIpc) is 2.51. The van der Waals surface area contributed by atoms with Crippen molar-refractivity contribution in [2.45, 2.75) is 108 Å². The fourth-order valence-corrected chi connectivity index (χ4v) is 20.2. The van der Waals surface area contributed by atoms with E-state index in [0.29, 0.717) is 0 Å². The minimum absolute atomic E-state index is 0. The van der Waals surface area contributed by atoms with Gasteiger partial charge in [0, 0.05) is 0 Å². The average molecular weight is 404 g/mol. The molecular weight excluding hydrogens is 367 g/mol. The maximum absolute atomic E-state index is 1.67. The van der Waals surface area contributed by atoms with E-state index in [0.717, 1.165) is 0 Å². The molecule has 0 spiro atoms. The summed E-state index contributed by atoms with van der Waals surface area (Å²) in [5, 5.41) is 0. The predicted molar refractivity (Wildman–Crippen MR) is 93.5 cm³/mol. The van der Waals surface area contributed by atoms with Crippen LogP contribution in [0.2, 0.25) is 11.8 Å². The Balaban J connectivity index is 0.00000110. The molecule has 0 bridgehead atoms. The first kappa shape index (κ1) is 19.8. The van der Waals surface area contributed by atoms with Crippen molar-refractivity contribution in [3.05, 3.63) is 0 Å². The topological polar surface area (TPSA) is 63.0 Å². The van der Waals surface area contributed by atoms with Crippen LogP contribution in [0.4, 0.5) is 0 Å². The van der Waals surface area contributed by atoms with E-state index in [9.17, 15) is 0 Å². The molecule has 3 fully saturated rings. The summed E-state index contributed by atoms with van der Waals surface area (Å²) in [7, 11) is 0. The molecule has 3 aliphatic rings. The van der Waals surface area contributed by atoms with Gasteiger partial charge in [-0.1, -0.05) is 0 Å². The van der Waals surface area contributed by atoms with Crippen molar-refractivity contribution in [3.8, 4) is 0 Å². The Bertz CT molecular complexity index is 211. The third kappa shape index (κ3) is 5.38. The number of hydrogen-bond donors (Lipinski definition) is 0. The zero-order chi connectivity index (χ0) is 12.9. The van der Waals surface area contributed by atoms with Gasteiger partial charge in [0.05, 0.1) is 0 Å². The molecule has 3 saturated carbocycles. The molecule has 2 nitrogen and oxygen atoms in total. The van der Waals surface area contributed by atoms with Crippen LogP contribution in [0.3, 0.4) is 0 Å². The largest absolute Gasteiger partial charge is 0.412 e. The third-order valence-electron chi connectivity index (χ3n) is 6.23. The van der Waals surface area contributed by atoms with Crippen LogP contribution >= 0.6 is 0 Å². The number of hydrogen-bond acceptors (Lipinski definition) is 0. The summed E-state index contributed by atoms with van der Waals surface area (Å²) < 4.78 is 3.96. The van der Waals surface area contributed by atoms with Crippen molar-refractivity contribution in [1.29, 1.82) is 0 Å². The second-order valence-corrected chi connectivity index (χ2v) is 17.3. The molecule has 0 aromatic carbocycles. The maximum atomic E-state index is 1.67. The van der Waals surface area contributed by atoms with Gasteiger partial charge in [0.25, 0.3) is 0 Å². The van der Waals surface area contributed by atoms with E-state index in [4.69, 9.17) is 0 Å². The van der Waals surface area contributed by atoms with Gasteiger partial charge in [0.15, 0.2) is 0 Å². The zero-order valence-corrected chi connectivity index (χ0v) is 16.7. The van der Waals surface area contributed by atoms with Gasteiger partial charge in [0.2, 0.25) is 0 Å². The molecule has 0 aromatic heterocycles. The third-order valence-corrected chi connectivity index (χ3v) is 19.2. The summed E-state index contributed by atoms with van der Waals surface area (Å²) in [4.78, 5) is 0. The van der Waals surface area contributed by atoms with Gasteiger partial charge in [-0.25, -0.2) is 0 Å². The summed E-state index contributed by atoms with van der Waals surface area (Å²) in [6.07, 6.45) is 24.2. The van der Waals surface area contributed by atoms with Crippen LogP contribution in [0.15, 0.2) is 0 Å². The minimum atomic E-state index is -1.15. The first-order chi connectivity index (χ1) is 9.45. The van der Waals surface area contributed by atoms with Gasteiger partial charge in [-0.05, 0) is 0 Å². The van der Waals surface area contributed by atoms with Crippen LogP contribution in [-0.4, -0.2) is 30.7 Å². The van der Waals surface area contributed by atoms with Crippen molar-refractivity contribution >= 4 is 19.8 Å². The van der Waals surface area contributed by atoms with Crippen LogP contribution in [0.1, 0.15) is 96.3 Å². The monoisotopic (exact) mass is 405 g/mol. The fourth-order valence-electron chi connectivity index (χ4n) is 5.31. The van der Waals surface area contributed by atoms with E-state index < -0.39 is 19.8 Å². The second-order valence-electron chi connectivity index (χ2n) is 7.50. The maximum Gasteiger partial charge on any atom is -0.412 e. The molecule has 3 rings (SSSR count). The molecule has 0 amide bonds. The Hall–Kier alpha value is 0.719. The molecule has 3 aliphatic carbocycles. The molecule has 3 heteroatoms. The van der Waals surface area contributed by atoms with Gasteiger partial charge in [-0.15, -0.1) is 0 Å². The van der Waals surface area contributed by atoms with E-state index in [1.807, 2.05) is 0 Å². The van der Waals surface area contributed by atoms with Crippen LogP contribution < -0.4 is 0 Å². The smallest absolute Gasteiger partial charge is 0.412 e. The first-order valence-electron chi connectivity index (χ1n) is 9.32. The first-order valence-corrected chi connectivity index (χ1v) is 14.3. The summed E-state index contributed by atoms with van der Waals surface area (Å²) in [6, 6.07) is 0. The van der Waals surface area contributed by atoms with E-state index in [2.05, 4.69) is 0 Å². The molecule has 4 N–H and O–H groups in total. The Morgan fingerprint density at radius 2 is 0.619 bits per heavy atom. The molecule has 0 aromatic rings. The van der Waals surface area contributed by atoms with Crippen LogP contribution in [-0.2, 0) is 0 Å². The molecule has 0 heterocycles. The van der Waals surface area contributed by atoms with Crippen LogP contribution in [0.5, 0.6) is 0 Å². The molecule has 1 radical (unpaired) electrons. The minimum Gasteiger partial charge on any atom is -0.412 e. The van der Waals surface area contributed by atoms with E-state index in [-0.39, 0.29) is 11.0 Å². The Kier molecular flexibility index (Phi) is 9.87. The van der Waals surface area contributed by atoms with Gasteiger partial charge in [-0.2, -0.15) is 0 Å². The quantitative estimate of drug-likeness (QED) is 0.605. The van der Waals surface area contributed by atoms with E-state index >= 15 is 0 Å². The van der Waals surface area contributed by atoms with Gasteiger partial charge < -0.3 is 11.0 Å². The van der Waals surface area contributed by atoms with Crippen molar-refractivity contribution in [2.24, 2.45) is 0 Å². The van der Waals surface area contributed by atoms with Crippen molar-refractivity contribution in [1.82, 2.24) is 0 Å². The van der Waals surface area contributed by atoms with Crippen molar-refractivity contribution < 1.29 is 11.0 Å². The van der Waals surface area contributed by atoms with Gasteiger partial charge in [0.1, 0.15) is 0 Å². The summed E-state index contributed by atoms with van der Waals surface area (Å²) in [5.74, 6) is 0. The summed E-state index contributed by atoms with van der Waals surface area (Å²) >= 11 is -1.15.